The molecular weight excluding hydrogens is 452 g/mol. The Morgan fingerprint density at radius 3 is 2.48 bits per heavy atom. The maximum atomic E-state index is 12.6. The highest BCUT2D eigenvalue weighted by atomic mass is 32.3. The van der Waals surface area contributed by atoms with Gasteiger partial charge in [-0.15, -0.1) is 0 Å². The SMILES string of the molecule is Cc1cc(CC(=O)NS(=O)(=O)c2ncc(Sc3ccccc3)s2)n(-c2ccccc2)n1. The fraction of sp³-hybridized carbons (Fsp3) is 0.0952. The van der Waals surface area contributed by atoms with E-state index in [0.29, 0.717) is 5.69 Å². The zero-order chi connectivity index (χ0) is 21.8. The number of rotatable bonds is 7. The first kappa shape index (κ1) is 21.3. The van der Waals surface area contributed by atoms with E-state index in [2.05, 4.69) is 14.8 Å². The molecule has 0 saturated carbocycles. The van der Waals surface area contributed by atoms with Gasteiger partial charge in [0.25, 0.3) is 10.0 Å². The Kier molecular flexibility index (Phi) is 6.21. The van der Waals surface area contributed by atoms with Crippen LogP contribution in [0.5, 0.6) is 0 Å². The smallest absolute Gasteiger partial charge is 0.274 e. The van der Waals surface area contributed by atoms with Crippen LogP contribution in [0.25, 0.3) is 5.69 Å². The van der Waals surface area contributed by atoms with Crippen LogP contribution in [0, 0.1) is 6.92 Å². The molecule has 0 aliphatic heterocycles. The number of nitrogens with one attached hydrogen (secondary N) is 1. The van der Waals surface area contributed by atoms with Crippen molar-refractivity contribution in [2.24, 2.45) is 0 Å². The van der Waals surface area contributed by atoms with Crippen LogP contribution in [0.3, 0.4) is 0 Å². The van der Waals surface area contributed by atoms with E-state index in [4.69, 9.17) is 0 Å². The topological polar surface area (TPSA) is 94.0 Å². The number of sulfonamides is 1. The van der Waals surface area contributed by atoms with Gasteiger partial charge in [-0.3, -0.25) is 4.79 Å². The number of hydrogen-bond acceptors (Lipinski definition) is 7. The lowest BCUT2D eigenvalue weighted by molar-refractivity contribution is -0.118. The lowest BCUT2D eigenvalue weighted by Crippen LogP contribution is -2.32. The van der Waals surface area contributed by atoms with Crippen molar-refractivity contribution in [2.75, 3.05) is 0 Å². The molecule has 0 aliphatic rings. The third-order valence-corrected chi connectivity index (χ3v) is 8.02. The number of nitrogens with zero attached hydrogens (tertiary/aromatic N) is 3. The zero-order valence-corrected chi connectivity index (χ0v) is 18.9. The van der Waals surface area contributed by atoms with E-state index in [1.807, 2.05) is 67.6 Å². The summed E-state index contributed by atoms with van der Waals surface area (Å²) in [4.78, 5) is 17.5. The fourth-order valence-electron chi connectivity index (χ4n) is 2.89. The molecule has 0 unspecified atom stereocenters. The van der Waals surface area contributed by atoms with Crippen LogP contribution in [0.2, 0.25) is 0 Å². The van der Waals surface area contributed by atoms with Gasteiger partial charge in [-0.25, -0.2) is 14.4 Å². The Bertz CT molecular complexity index is 1300. The molecule has 10 heteroatoms. The van der Waals surface area contributed by atoms with Crippen LogP contribution in [0.4, 0.5) is 0 Å². The second kappa shape index (κ2) is 9.04. The van der Waals surface area contributed by atoms with Gasteiger partial charge >= 0.3 is 0 Å². The molecule has 4 rings (SSSR count). The summed E-state index contributed by atoms with van der Waals surface area (Å²) in [7, 11) is -4.06. The van der Waals surface area contributed by atoms with Crippen LogP contribution >= 0.6 is 23.1 Å². The van der Waals surface area contributed by atoms with Gasteiger partial charge in [0.1, 0.15) is 0 Å². The van der Waals surface area contributed by atoms with Crippen molar-refractivity contribution in [1.29, 1.82) is 0 Å². The largest absolute Gasteiger partial charge is 0.291 e. The van der Waals surface area contributed by atoms with Gasteiger partial charge in [0.15, 0.2) is 0 Å². The van der Waals surface area contributed by atoms with Crippen molar-refractivity contribution in [2.45, 2.75) is 26.8 Å². The number of benzene rings is 2. The second-order valence-electron chi connectivity index (χ2n) is 6.59. The zero-order valence-electron chi connectivity index (χ0n) is 16.4. The van der Waals surface area contributed by atoms with Crippen LogP contribution in [0.1, 0.15) is 11.4 Å². The van der Waals surface area contributed by atoms with E-state index in [1.54, 1.807) is 10.7 Å². The number of thiazole rings is 1. The van der Waals surface area contributed by atoms with E-state index in [1.165, 1.54) is 18.0 Å². The van der Waals surface area contributed by atoms with Crippen molar-refractivity contribution in [3.8, 4) is 5.69 Å². The minimum absolute atomic E-state index is 0.133. The Morgan fingerprint density at radius 1 is 1.10 bits per heavy atom. The summed E-state index contributed by atoms with van der Waals surface area (Å²) < 4.78 is 29.6. The number of amides is 1. The molecule has 0 atom stereocenters. The number of carbonyl (C=O) groups is 1. The predicted molar refractivity (Wildman–Crippen MR) is 120 cm³/mol. The molecule has 2 heterocycles. The lowest BCUT2D eigenvalue weighted by atomic mass is 10.2. The molecule has 7 nitrogen and oxygen atoms in total. The molecule has 4 aromatic rings. The first-order valence-corrected chi connectivity index (χ1v) is 12.4. The number of carbonyl (C=O) groups excluding carboxylic acids is 1. The van der Waals surface area contributed by atoms with Crippen LogP contribution < -0.4 is 4.72 Å². The van der Waals surface area contributed by atoms with Gasteiger partial charge in [0.05, 0.1) is 33.9 Å². The highest BCUT2D eigenvalue weighted by Crippen LogP contribution is 2.33. The molecule has 31 heavy (non-hydrogen) atoms. The van der Waals surface area contributed by atoms with Crippen molar-refractivity contribution < 1.29 is 13.2 Å². The molecule has 2 aromatic heterocycles. The van der Waals surface area contributed by atoms with Crippen molar-refractivity contribution >= 4 is 39.0 Å². The van der Waals surface area contributed by atoms with Gasteiger partial charge in [-0.05, 0) is 37.3 Å². The molecule has 0 radical (unpaired) electrons. The third-order valence-electron chi connectivity index (χ3n) is 4.15. The van der Waals surface area contributed by atoms with E-state index in [0.717, 1.165) is 31.8 Å². The van der Waals surface area contributed by atoms with Gasteiger partial charge in [0, 0.05) is 4.90 Å². The summed E-state index contributed by atoms with van der Waals surface area (Å²) in [5, 5.41) is 4.41. The maximum Gasteiger partial charge on any atom is 0.291 e. The Morgan fingerprint density at radius 2 is 1.77 bits per heavy atom. The van der Waals surface area contributed by atoms with E-state index in [-0.39, 0.29) is 10.8 Å². The summed E-state index contributed by atoms with van der Waals surface area (Å²) in [6.45, 7) is 1.82. The summed E-state index contributed by atoms with van der Waals surface area (Å²) >= 11 is 2.43. The average Bonchev–Trinajstić information content (AvgIpc) is 3.36. The molecule has 0 saturated heterocycles. The molecule has 2 aromatic carbocycles. The Balaban J connectivity index is 1.47. The quantitative estimate of drug-likeness (QED) is 0.441. The maximum absolute atomic E-state index is 12.6. The summed E-state index contributed by atoms with van der Waals surface area (Å²) in [6, 6.07) is 20.7. The van der Waals surface area contributed by atoms with Gasteiger partial charge in [-0.1, -0.05) is 59.5 Å². The monoisotopic (exact) mass is 470 g/mol. The van der Waals surface area contributed by atoms with Crippen LogP contribution in [0.15, 0.2) is 86.4 Å². The normalized spacial score (nSPS) is 11.4. The molecule has 1 N–H and O–H groups in total. The summed E-state index contributed by atoms with van der Waals surface area (Å²) in [5.74, 6) is -0.649. The van der Waals surface area contributed by atoms with E-state index >= 15 is 0 Å². The standard InChI is InChI=1S/C21H18N4O3S3/c1-15-12-17(25(23-15)16-8-4-2-5-9-16)13-19(26)24-31(27,28)21-22-14-20(30-21)29-18-10-6-3-7-11-18/h2-12,14H,13H2,1H3,(H,24,26). The number of para-hydroxylation sites is 1. The van der Waals surface area contributed by atoms with Crippen LogP contribution in [-0.2, 0) is 21.2 Å². The molecule has 0 bridgehead atoms. The van der Waals surface area contributed by atoms with Gasteiger partial charge in [0.2, 0.25) is 10.2 Å². The van der Waals surface area contributed by atoms with E-state index < -0.39 is 15.9 Å². The van der Waals surface area contributed by atoms with Crippen molar-refractivity contribution in [3.05, 3.63) is 84.3 Å². The van der Waals surface area contributed by atoms with Gasteiger partial charge < -0.3 is 0 Å². The number of aryl methyl sites for hydroxylation is 1. The van der Waals surface area contributed by atoms with Crippen molar-refractivity contribution in [3.63, 3.8) is 0 Å². The highest BCUT2D eigenvalue weighted by Gasteiger charge is 2.23. The Hall–Kier alpha value is -2.95. The minimum Gasteiger partial charge on any atom is -0.274 e. The van der Waals surface area contributed by atoms with Crippen LogP contribution in [-0.4, -0.2) is 29.1 Å². The first-order chi connectivity index (χ1) is 14.9. The molecular formula is C21H18N4O3S3. The minimum atomic E-state index is -4.06. The fourth-order valence-corrected chi connectivity index (χ4v) is 6.23. The van der Waals surface area contributed by atoms with Gasteiger partial charge in [-0.2, -0.15) is 13.5 Å². The highest BCUT2D eigenvalue weighted by molar-refractivity contribution is 8.01. The Labute approximate surface area is 188 Å². The summed E-state index contributed by atoms with van der Waals surface area (Å²) in [5.41, 5.74) is 2.12. The number of hydrogen-bond donors (Lipinski definition) is 1. The second-order valence-corrected chi connectivity index (χ2v) is 10.9. The molecule has 0 aliphatic carbocycles. The number of aromatic nitrogens is 3. The first-order valence-electron chi connectivity index (χ1n) is 9.26. The lowest BCUT2D eigenvalue weighted by Gasteiger charge is -2.08. The molecule has 0 fully saturated rings. The molecule has 0 spiro atoms. The van der Waals surface area contributed by atoms with E-state index in [9.17, 15) is 13.2 Å². The molecule has 158 valence electrons. The third kappa shape index (κ3) is 5.22. The average molecular weight is 471 g/mol. The molecule has 1 amide bonds. The predicted octanol–water partition coefficient (Wildman–Crippen LogP) is 3.84. The summed E-state index contributed by atoms with van der Waals surface area (Å²) in [6.07, 6.45) is 1.36. The van der Waals surface area contributed by atoms with Crippen molar-refractivity contribution in [1.82, 2.24) is 19.5 Å².